The van der Waals surface area contributed by atoms with Crippen LogP contribution in [0.2, 0.25) is 0 Å². The molecule has 5 nitrogen and oxygen atoms in total. The summed E-state index contributed by atoms with van der Waals surface area (Å²) in [6.07, 6.45) is 0.721. The Labute approximate surface area is 123 Å². The Morgan fingerprint density at radius 1 is 1.55 bits per heavy atom. The summed E-state index contributed by atoms with van der Waals surface area (Å²) in [5, 5.41) is 3.12. The van der Waals surface area contributed by atoms with Crippen LogP contribution in [0.15, 0.2) is 0 Å². The second-order valence-corrected chi connectivity index (χ2v) is 6.43. The molecule has 0 aromatic rings. The van der Waals surface area contributed by atoms with E-state index in [1.807, 2.05) is 20.9 Å². The molecule has 0 radical (unpaired) electrons. The molecule has 1 heterocycles. The highest BCUT2D eigenvalue weighted by atomic mass is 16.5. The highest BCUT2D eigenvalue weighted by molar-refractivity contribution is 5.80. The molecule has 0 aliphatic carbocycles. The molecule has 1 aliphatic heterocycles. The van der Waals surface area contributed by atoms with Gasteiger partial charge in [0.15, 0.2) is 0 Å². The third kappa shape index (κ3) is 4.43. The predicted molar refractivity (Wildman–Crippen MR) is 79.8 cm³/mol. The SMILES string of the molecule is CCOC(=O)C(C)(CC(C)N1CCOC(C)(C)C1)NC. The van der Waals surface area contributed by atoms with Gasteiger partial charge in [0.2, 0.25) is 0 Å². The second kappa shape index (κ2) is 6.87. The number of hydrogen-bond acceptors (Lipinski definition) is 5. The Bertz CT molecular complexity index is 333. The number of rotatable bonds is 6. The summed E-state index contributed by atoms with van der Waals surface area (Å²) >= 11 is 0. The Hall–Kier alpha value is -0.650. The van der Waals surface area contributed by atoms with Gasteiger partial charge in [-0.2, -0.15) is 0 Å². The zero-order chi connectivity index (χ0) is 15.4. The molecular weight excluding hydrogens is 256 g/mol. The first-order chi connectivity index (χ1) is 9.24. The van der Waals surface area contributed by atoms with Gasteiger partial charge in [0.25, 0.3) is 0 Å². The minimum absolute atomic E-state index is 0.119. The summed E-state index contributed by atoms with van der Waals surface area (Å²) in [4.78, 5) is 14.5. The minimum atomic E-state index is -0.641. The summed E-state index contributed by atoms with van der Waals surface area (Å²) in [6, 6.07) is 0.292. The first-order valence-corrected chi connectivity index (χ1v) is 7.48. The monoisotopic (exact) mass is 286 g/mol. The van der Waals surface area contributed by atoms with E-state index in [-0.39, 0.29) is 11.6 Å². The van der Waals surface area contributed by atoms with E-state index >= 15 is 0 Å². The summed E-state index contributed by atoms with van der Waals surface area (Å²) in [6.45, 7) is 13.1. The molecular formula is C15H30N2O3. The van der Waals surface area contributed by atoms with E-state index in [1.165, 1.54) is 0 Å². The first kappa shape index (κ1) is 17.4. The van der Waals surface area contributed by atoms with Gasteiger partial charge in [-0.1, -0.05) is 0 Å². The third-order valence-corrected chi connectivity index (χ3v) is 4.06. The van der Waals surface area contributed by atoms with Gasteiger partial charge >= 0.3 is 5.97 Å². The average molecular weight is 286 g/mol. The average Bonchev–Trinajstić information content (AvgIpc) is 2.37. The number of nitrogens with one attached hydrogen (secondary N) is 1. The summed E-state index contributed by atoms with van der Waals surface area (Å²) in [5.41, 5.74) is -0.760. The van der Waals surface area contributed by atoms with Crippen LogP contribution in [0.25, 0.3) is 0 Å². The molecule has 0 spiro atoms. The Balaban J connectivity index is 2.67. The van der Waals surface area contributed by atoms with E-state index in [0.29, 0.717) is 12.6 Å². The van der Waals surface area contributed by atoms with Gasteiger partial charge in [-0.15, -0.1) is 0 Å². The normalized spacial score (nSPS) is 23.9. The molecule has 0 amide bonds. The van der Waals surface area contributed by atoms with Crippen molar-refractivity contribution in [3.05, 3.63) is 0 Å². The Kier molecular flexibility index (Phi) is 5.98. The molecule has 2 atom stereocenters. The van der Waals surface area contributed by atoms with Crippen molar-refractivity contribution < 1.29 is 14.3 Å². The molecule has 0 bridgehead atoms. The van der Waals surface area contributed by atoms with E-state index in [1.54, 1.807) is 0 Å². The lowest BCUT2D eigenvalue weighted by Gasteiger charge is -2.43. The van der Waals surface area contributed by atoms with Gasteiger partial charge in [0, 0.05) is 19.1 Å². The van der Waals surface area contributed by atoms with Crippen LogP contribution in [0.5, 0.6) is 0 Å². The summed E-state index contributed by atoms with van der Waals surface area (Å²) < 4.78 is 10.9. The highest BCUT2D eigenvalue weighted by Gasteiger charge is 2.38. The number of esters is 1. The lowest BCUT2D eigenvalue weighted by molar-refractivity contribution is -0.151. The van der Waals surface area contributed by atoms with Crippen LogP contribution < -0.4 is 5.32 Å². The second-order valence-electron chi connectivity index (χ2n) is 6.43. The van der Waals surface area contributed by atoms with Crippen LogP contribution in [0.1, 0.15) is 41.0 Å². The number of carbonyl (C=O) groups is 1. The first-order valence-electron chi connectivity index (χ1n) is 7.48. The van der Waals surface area contributed by atoms with Crippen molar-refractivity contribution in [2.24, 2.45) is 0 Å². The smallest absolute Gasteiger partial charge is 0.326 e. The van der Waals surface area contributed by atoms with Crippen molar-refractivity contribution in [1.29, 1.82) is 0 Å². The van der Waals surface area contributed by atoms with Gasteiger partial charge in [-0.3, -0.25) is 9.69 Å². The Morgan fingerprint density at radius 3 is 2.70 bits per heavy atom. The number of ether oxygens (including phenoxy) is 2. The molecule has 0 aromatic carbocycles. The number of hydrogen-bond donors (Lipinski definition) is 1. The third-order valence-electron chi connectivity index (χ3n) is 4.06. The Morgan fingerprint density at radius 2 is 2.20 bits per heavy atom. The molecule has 1 N–H and O–H groups in total. The maximum Gasteiger partial charge on any atom is 0.326 e. The molecule has 1 aliphatic rings. The van der Waals surface area contributed by atoms with Gasteiger partial charge in [0.1, 0.15) is 5.54 Å². The van der Waals surface area contributed by atoms with Gasteiger partial charge < -0.3 is 14.8 Å². The van der Waals surface area contributed by atoms with Crippen molar-refractivity contribution in [1.82, 2.24) is 10.2 Å². The van der Waals surface area contributed by atoms with Gasteiger partial charge in [-0.05, 0) is 48.1 Å². The standard InChI is InChI=1S/C15H30N2O3/c1-7-19-13(18)15(5,16-6)10-12(2)17-8-9-20-14(3,4)11-17/h12,16H,7-11H2,1-6H3. The van der Waals surface area contributed by atoms with Crippen molar-refractivity contribution in [2.75, 3.05) is 33.4 Å². The molecule has 0 saturated carbocycles. The highest BCUT2D eigenvalue weighted by Crippen LogP contribution is 2.23. The van der Waals surface area contributed by atoms with E-state index in [0.717, 1.165) is 26.1 Å². The topological polar surface area (TPSA) is 50.8 Å². The maximum atomic E-state index is 12.1. The number of carbonyl (C=O) groups excluding carboxylic acids is 1. The number of nitrogens with zero attached hydrogens (tertiary/aromatic N) is 1. The molecule has 2 unspecified atom stereocenters. The molecule has 20 heavy (non-hydrogen) atoms. The molecule has 5 heteroatoms. The fourth-order valence-corrected chi connectivity index (χ4v) is 2.73. The molecule has 1 fully saturated rings. The van der Waals surface area contributed by atoms with Crippen LogP contribution in [0, 0.1) is 0 Å². The maximum absolute atomic E-state index is 12.1. The van der Waals surface area contributed by atoms with Gasteiger partial charge in [-0.25, -0.2) is 0 Å². The van der Waals surface area contributed by atoms with Crippen LogP contribution in [0.3, 0.4) is 0 Å². The van der Waals surface area contributed by atoms with E-state index in [9.17, 15) is 4.79 Å². The van der Waals surface area contributed by atoms with Crippen LogP contribution in [-0.4, -0.2) is 61.4 Å². The fraction of sp³-hybridized carbons (Fsp3) is 0.933. The van der Waals surface area contributed by atoms with Crippen LogP contribution in [-0.2, 0) is 14.3 Å². The largest absolute Gasteiger partial charge is 0.465 e. The van der Waals surface area contributed by atoms with Crippen molar-refractivity contribution in [2.45, 2.75) is 58.2 Å². The summed E-state index contributed by atoms with van der Waals surface area (Å²) in [7, 11) is 1.81. The molecule has 118 valence electrons. The van der Waals surface area contributed by atoms with E-state index in [2.05, 4.69) is 31.0 Å². The van der Waals surface area contributed by atoms with Crippen molar-refractivity contribution in [3.8, 4) is 0 Å². The summed E-state index contributed by atoms with van der Waals surface area (Å²) in [5.74, 6) is -0.179. The zero-order valence-corrected chi connectivity index (χ0v) is 13.8. The minimum Gasteiger partial charge on any atom is -0.465 e. The zero-order valence-electron chi connectivity index (χ0n) is 13.8. The fourth-order valence-electron chi connectivity index (χ4n) is 2.73. The lowest BCUT2D eigenvalue weighted by Crippen LogP contribution is -2.56. The van der Waals surface area contributed by atoms with Crippen molar-refractivity contribution in [3.63, 3.8) is 0 Å². The van der Waals surface area contributed by atoms with Crippen molar-refractivity contribution >= 4 is 5.97 Å². The molecule has 1 rings (SSSR count). The predicted octanol–water partition coefficient (Wildman–Crippen LogP) is 1.42. The van der Waals surface area contributed by atoms with Crippen LogP contribution in [0.4, 0.5) is 0 Å². The lowest BCUT2D eigenvalue weighted by atomic mass is 9.92. The number of morpholine rings is 1. The quantitative estimate of drug-likeness (QED) is 0.748. The van der Waals surface area contributed by atoms with Crippen LogP contribution >= 0.6 is 0 Å². The molecule has 1 saturated heterocycles. The number of likely N-dealkylation sites (N-methyl/N-ethyl adjacent to an activating group) is 1. The van der Waals surface area contributed by atoms with E-state index < -0.39 is 5.54 Å². The van der Waals surface area contributed by atoms with E-state index in [4.69, 9.17) is 9.47 Å². The molecule has 0 aromatic heterocycles. The van der Waals surface area contributed by atoms with Gasteiger partial charge in [0.05, 0.1) is 18.8 Å².